The lowest BCUT2D eigenvalue weighted by Crippen LogP contribution is -2.25. The number of nitrogens with one attached hydrogen (secondary N) is 1. The van der Waals surface area contributed by atoms with Crippen LogP contribution in [0.2, 0.25) is 0 Å². The molecule has 1 atom stereocenters. The van der Waals surface area contributed by atoms with E-state index in [4.69, 9.17) is 21.1 Å². The van der Waals surface area contributed by atoms with Gasteiger partial charge in [-0.2, -0.15) is 0 Å². The zero-order chi connectivity index (χ0) is 12.3. The van der Waals surface area contributed by atoms with Gasteiger partial charge < -0.3 is 14.8 Å². The van der Waals surface area contributed by atoms with Gasteiger partial charge in [0.1, 0.15) is 0 Å². The molecule has 0 aromatic rings. The minimum atomic E-state index is 0.0739. The number of hydrogen-bond donors (Lipinski definition) is 1. The Bertz CT molecular complexity index is 208. The van der Waals surface area contributed by atoms with E-state index in [9.17, 15) is 4.79 Å². The molecule has 100 valence electrons. The molecule has 1 N–H and O–H groups in total. The summed E-state index contributed by atoms with van der Waals surface area (Å²) in [5.74, 6) is 0.613. The molecular weight excluding hydrogens is 242 g/mol. The average Bonchev–Trinajstić information content (AvgIpc) is 2.84. The van der Waals surface area contributed by atoms with Crippen LogP contribution in [0.1, 0.15) is 32.1 Å². The maximum absolute atomic E-state index is 11.2. The molecule has 1 rings (SSSR count). The van der Waals surface area contributed by atoms with Crippen LogP contribution in [0.25, 0.3) is 0 Å². The highest BCUT2D eigenvalue weighted by Gasteiger charge is 2.14. The van der Waals surface area contributed by atoms with Crippen LogP contribution in [0, 0.1) is 0 Å². The molecule has 0 aromatic carbocycles. The van der Waals surface area contributed by atoms with Crippen LogP contribution < -0.4 is 5.32 Å². The lowest BCUT2D eigenvalue weighted by atomic mass is 10.2. The number of carbonyl (C=O) groups excluding carboxylic acids is 1. The molecule has 0 spiro atoms. The number of hydrogen-bond acceptors (Lipinski definition) is 3. The van der Waals surface area contributed by atoms with Gasteiger partial charge in [0.15, 0.2) is 0 Å². The van der Waals surface area contributed by atoms with E-state index in [1.807, 2.05) is 0 Å². The van der Waals surface area contributed by atoms with E-state index in [1.54, 1.807) is 0 Å². The summed E-state index contributed by atoms with van der Waals surface area (Å²) in [7, 11) is 0. The fourth-order valence-electron chi connectivity index (χ4n) is 1.71. The minimum absolute atomic E-state index is 0.0739. The number of alkyl halides is 1. The molecule has 0 aromatic heterocycles. The van der Waals surface area contributed by atoms with Crippen molar-refractivity contribution in [1.82, 2.24) is 5.32 Å². The van der Waals surface area contributed by atoms with E-state index in [-0.39, 0.29) is 12.0 Å². The number of carbonyl (C=O) groups is 1. The van der Waals surface area contributed by atoms with E-state index < -0.39 is 0 Å². The van der Waals surface area contributed by atoms with Crippen molar-refractivity contribution in [1.29, 1.82) is 0 Å². The first-order valence-corrected chi connectivity index (χ1v) is 6.88. The van der Waals surface area contributed by atoms with E-state index in [1.165, 1.54) is 0 Å². The molecule has 1 aliphatic rings. The molecule has 1 heterocycles. The summed E-state index contributed by atoms with van der Waals surface area (Å²) >= 11 is 5.50. The third kappa shape index (κ3) is 7.58. The van der Waals surface area contributed by atoms with Gasteiger partial charge in [0.2, 0.25) is 5.91 Å². The first-order chi connectivity index (χ1) is 8.33. The second-order valence-corrected chi connectivity index (χ2v) is 4.58. The van der Waals surface area contributed by atoms with Crippen molar-refractivity contribution >= 4 is 17.5 Å². The molecule has 17 heavy (non-hydrogen) atoms. The van der Waals surface area contributed by atoms with Gasteiger partial charge in [0.05, 0.1) is 12.7 Å². The zero-order valence-electron chi connectivity index (χ0n) is 10.3. The number of ether oxygens (including phenoxy) is 2. The van der Waals surface area contributed by atoms with E-state index >= 15 is 0 Å². The molecule has 1 aliphatic heterocycles. The highest BCUT2D eigenvalue weighted by Crippen LogP contribution is 2.11. The smallest absolute Gasteiger partial charge is 0.220 e. The second-order valence-electron chi connectivity index (χ2n) is 4.21. The molecule has 1 amide bonds. The third-order valence-corrected chi connectivity index (χ3v) is 2.92. The summed E-state index contributed by atoms with van der Waals surface area (Å²) in [5, 5.41) is 2.84. The van der Waals surface area contributed by atoms with E-state index in [0.29, 0.717) is 32.1 Å². The Hall–Kier alpha value is -0.320. The van der Waals surface area contributed by atoms with Crippen LogP contribution in [0.15, 0.2) is 0 Å². The zero-order valence-corrected chi connectivity index (χ0v) is 11.0. The molecule has 0 aliphatic carbocycles. The Kier molecular flexibility index (Phi) is 8.40. The SMILES string of the molecule is O=C(CCCCl)NCCCOCC1CCCO1. The van der Waals surface area contributed by atoms with Crippen molar-refractivity contribution in [2.24, 2.45) is 0 Å². The van der Waals surface area contributed by atoms with Crippen LogP contribution in [-0.2, 0) is 14.3 Å². The van der Waals surface area contributed by atoms with Crippen LogP contribution in [0.4, 0.5) is 0 Å². The van der Waals surface area contributed by atoms with Gasteiger partial charge in [-0.25, -0.2) is 0 Å². The first-order valence-electron chi connectivity index (χ1n) is 6.35. The molecule has 5 heteroatoms. The quantitative estimate of drug-likeness (QED) is 0.509. The van der Waals surface area contributed by atoms with Gasteiger partial charge >= 0.3 is 0 Å². The summed E-state index contributed by atoms with van der Waals surface area (Å²) in [5.41, 5.74) is 0. The van der Waals surface area contributed by atoms with Gasteiger partial charge in [0, 0.05) is 32.1 Å². The molecule has 0 saturated carbocycles. The number of amides is 1. The molecular formula is C12H22ClNO3. The summed E-state index contributed by atoms with van der Waals surface area (Å²) in [6.45, 7) is 2.90. The van der Waals surface area contributed by atoms with Crippen molar-refractivity contribution in [3.63, 3.8) is 0 Å². The van der Waals surface area contributed by atoms with E-state index in [2.05, 4.69) is 5.32 Å². The van der Waals surface area contributed by atoms with Gasteiger partial charge in [0.25, 0.3) is 0 Å². The standard InChI is InChI=1S/C12H22ClNO3/c13-6-1-5-12(15)14-7-3-8-16-10-11-4-2-9-17-11/h11H,1-10H2,(H,14,15). The normalized spacial score (nSPS) is 19.5. The van der Waals surface area contributed by atoms with Crippen LogP contribution >= 0.6 is 11.6 Å². The molecule has 4 nitrogen and oxygen atoms in total. The van der Waals surface area contributed by atoms with Crippen molar-refractivity contribution in [3.8, 4) is 0 Å². The average molecular weight is 264 g/mol. The summed E-state index contributed by atoms with van der Waals surface area (Å²) < 4.78 is 10.9. The van der Waals surface area contributed by atoms with Crippen molar-refractivity contribution < 1.29 is 14.3 Å². The summed E-state index contributed by atoms with van der Waals surface area (Å²) in [6, 6.07) is 0. The van der Waals surface area contributed by atoms with Crippen LogP contribution in [0.3, 0.4) is 0 Å². The van der Waals surface area contributed by atoms with Crippen LogP contribution in [0.5, 0.6) is 0 Å². The third-order valence-electron chi connectivity index (χ3n) is 2.65. The highest BCUT2D eigenvalue weighted by atomic mass is 35.5. The van der Waals surface area contributed by atoms with Gasteiger partial charge in [-0.1, -0.05) is 0 Å². The fourth-order valence-corrected chi connectivity index (χ4v) is 1.84. The topological polar surface area (TPSA) is 47.6 Å². The Labute approximate surface area is 108 Å². The minimum Gasteiger partial charge on any atom is -0.379 e. The number of halogens is 1. The monoisotopic (exact) mass is 263 g/mol. The Balaban J connectivity index is 1.82. The Morgan fingerprint density at radius 2 is 2.35 bits per heavy atom. The predicted molar refractivity (Wildman–Crippen MR) is 67.4 cm³/mol. The van der Waals surface area contributed by atoms with Gasteiger partial charge in [-0.05, 0) is 25.7 Å². The second kappa shape index (κ2) is 9.68. The van der Waals surface area contributed by atoms with Gasteiger partial charge in [-0.3, -0.25) is 4.79 Å². The first kappa shape index (κ1) is 14.7. The molecule has 0 radical (unpaired) electrons. The molecule has 1 unspecified atom stereocenters. The molecule has 0 bridgehead atoms. The van der Waals surface area contributed by atoms with Gasteiger partial charge in [-0.15, -0.1) is 11.6 Å². The Morgan fingerprint density at radius 3 is 3.06 bits per heavy atom. The van der Waals surface area contributed by atoms with Crippen molar-refractivity contribution in [3.05, 3.63) is 0 Å². The largest absolute Gasteiger partial charge is 0.379 e. The number of rotatable bonds is 9. The molecule has 1 fully saturated rings. The Morgan fingerprint density at radius 1 is 1.47 bits per heavy atom. The molecule has 1 saturated heterocycles. The fraction of sp³-hybridized carbons (Fsp3) is 0.917. The van der Waals surface area contributed by atoms with E-state index in [0.717, 1.165) is 32.3 Å². The van der Waals surface area contributed by atoms with Crippen LogP contribution in [-0.4, -0.2) is 44.3 Å². The maximum atomic E-state index is 11.2. The summed E-state index contributed by atoms with van der Waals surface area (Å²) in [6.07, 6.45) is 4.64. The van der Waals surface area contributed by atoms with Crippen molar-refractivity contribution in [2.45, 2.75) is 38.2 Å². The maximum Gasteiger partial charge on any atom is 0.220 e. The lowest BCUT2D eigenvalue weighted by Gasteiger charge is -2.10. The predicted octanol–water partition coefficient (Wildman–Crippen LogP) is 1.71. The lowest BCUT2D eigenvalue weighted by molar-refractivity contribution is -0.121. The summed E-state index contributed by atoms with van der Waals surface area (Å²) in [4.78, 5) is 11.2. The van der Waals surface area contributed by atoms with Crippen molar-refractivity contribution in [2.75, 3.05) is 32.2 Å². The highest BCUT2D eigenvalue weighted by molar-refractivity contribution is 6.17.